The van der Waals surface area contributed by atoms with Gasteiger partial charge in [0, 0.05) is 9.13 Å². The van der Waals surface area contributed by atoms with Crippen LogP contribution in [0.5, 0.6) is 0 Å². The second-order valence-corrected chi connectivity index (χ2v) is 4.97. The predicted octanol–water partition coefficient (Wildman–Crippen LogP) is 3.85. The third kappa shape index (κ3) is 3.06. The number of nitrogens with one attached hydrogen (secondary N) is 1. The summed E-state index contributed by atoms with van der Waals surface area (Å²) in [5.41, 5.74) is 2.62. The molecule has 0 saturated carbocycles. The molecule has 0 aliphatic rings. The van der Waals surface area contributed by atoms with E-state index in [1.54, 1.807) is 0 Å². The Kier molecular flexibility index (Phi) is 3.78. The molecule has 0 saturated heterocycles. The zero-order valence-electron chi connectivity index (χ0n) is 9.41. The highest BCUT2D eigenvalue weighted by atomic mass is 127. The van der Waals surface area contributed by atoms with Crippen LogP contribution in [0.1, 0.15) is 15.9 Å². The molecule has 2 rings (SSSR count). The number of anilines is 1. The van der Waals surface area contributed by atoms with E-state index < -0.39 is 0 Å². The first kappa shape index (κ1) is 12.1. The Balaban J connectivity index is 2.20. The van der Waals surface area contributed by atoms with Crippen molar-refractivity contribution in [3.8, 4) is 0 Å². The molecule has 0 heterocycles. The molecule has 0 unspecified atom stereocenters. The largest absolute Gasteiger partial charge is 0.321 e. The van der Waals surface area contributed by atoms with E-state index >= 15 is 0 Å². The first-order valence-corrected chi connectivity index (χ1v) is 6.37. The fourth-order valence-corrected chi connectivity index (χ4v) is 2.07. The highest BCUT2D eigenvalue weighted by Gasteiger charge is 2.07. The highest BCUT2D eigenvalue weighted by molar-refractivity contribution is 14.1. The van der Waals surface area contributed by atoms with E-state index in [9.17, 15) is 4.79 Å². The molecule has 0 fully saturated rings. The van der Waals surface area contributed by atoms with Crippen molar-refractivity contribution >= 4 is 34.2 Å². The van der Waals surface area contributed by atoms with Crippen molar-refractivity contribution in [3.63, 3.8) is 0 Å². The lowest BCUT2D eigenvalue weighted by Crippen LogP contribution is -2.12. The summed E-state index contributed by atoms with van der Waals surface area (Å²) < 4.78 is 1.03. The SMILES string of the molecule is Cc1cccc(C(=O)Nc2ccccc2I)c1. The molecule has 0 aliphatic heterocycles. The van der Waals surface area contributed by atoms with Gasteiger partial charge in [-0.05, 0) is 53.8 Å². The average Bonchev–Trinajstić information content (AvgIpc) is 2.32. The number of hydrogen-bond acceptors (Lipinski definition) is 1. The lowest BCUT2D eigenvalue weighted by atomic mass is 10.1. The van der Waals surface area contributed by atoms with Crippen molar-refractivity contribution in [1.82, 2.24) is 0 Å². The Morgan fingerprint density at radius 3 is 2.59 bits per heavy atom. The Morgan fingerprint density at radius 2 is 1.88 bits per heavy atom. The Hall–Kier alpha value is -1.36. The quantitative estimate of drug-likeness (QED) is 0.829. The standard InChI is InChI=1S/C14H12INO/c1-10-5-4-6-11(9-10)14(17)16-13-8-3-2-7-12(13)15/h2-9H,1H3,(H,16,17). The monoisotopic (exact) mass is 337 g/mol. The van der Waals surface area contributed by atoms with Gasteiger partial charge in [0.1, 0.15) is 0 Å². The number of para-hydroxylation sites is 1. The number of amides is 1. The van der Waals surface area contributed by atoms with Crippen LogP contribution in [0.4, 0.5) is 5.69 Å². The van der Waals surface area contributed by atoms with Crippen molar-refractivity contribution in [2.45, 2.75) is 6.92 Å². The van der Waals surface area contributed by atoms with Gasteiger partial charge in [0.15, 0.2) is 0 Å². The molecule has 2 nitrogen and oxygen atoms in total. The van der Waals surface area contributed by atoms with Gasteiger partial charge in [-0.25, -0.2) is 0 Å². The third-order valence-corrected chi connectivity index (χ3v) is 3.34. The van der Waals surface area contributed by atoms with E-state index in [2.05, 4.69) is 27.9 Å². The van der Waals surface area contributed by atoms with Crippen LogP contribution in [-0.4, -0.2) is 5.91 Å². The molecule has 0 bridgehead atoms. The fraction of sp³-hybridized carbons (Fsp3) is 0.0714. The average molecular weight is 337 g/mol. The summed E-state index contributed by atoms with van der Waals surface area (Å²) in [7, 11) is 0. The van der Waals surface area contributed by atoms with Crippen LogP contribution in [0.25, 0.3) is 0 Å². The molecule has 2 aromatic rings. The number of rotatable bonds is 2. The van der Waals surface area contributed by atoms with Crippen molar-refractivity contribution in [3.05, 3.63) is 63.2 Å². The maximum atomic E-state index is 12.0. The topological polar surface area (TPSA) is 29.1 Å². The van der Waals surface area contributed by atoms with Crippen LogP contribution >= 0.6 is 22.6 Å². The van der Waals surface area contributed by atoms with Crippen LogP contribution in [-0.2, 0) is 0 Å². The lowest BCUT2D eigenvalue weighted by molar-refractivity contribution is 0.102. The van der Waals surface area contributed by atoms with Crippen LogP contribution in [0.15, 0.2) is 48.5 Å². The minimum Gasteiger partial charge on any atom is -0.321 e. The maximum Gasteiger partial charge on any atom is 0.255 e. The molecule has 3 heteroatoms. The number of carbonyl (C=O) groups is 1. The van der Waals surface area contributed by atoms with E-state index in [1.165, 1.54) is 0 Å². The summed E-state index contributed by atoms with van der Waals surface area (Å²) in [6.45, 7) is 1.98. The summed E-state index contributed by atoms with van der Waals surface area (Å²) in [6.07, 6.45) is 0. The van der Waals surface area contributed by atoms with Gasteiger partial charge in [-0.3, -0.25) is 4.79 Å². The molecule has 1 N–H and O–H groups in total. The molecule has 17 heavy (non-hydrogen) atoms. The first-order chi connectivity index (χ1) is 8.16. The van der Waals surface area contributed by atoms with Gasteiger partial charge >= 0.3 is 0 Å². The van der Waals surface area contributed by atoms with E-state index in [0.29, 0.717) is 5.56 Å². The number of carbonyl (C=O) groups excluding carboxylic acids is 1. The van der Waals surface area contributed by atoms with Crippen LogP contribution < -0.4 is 5.32 Å². The molecule has 0 aromatic heterocycles. The van der Waals surface area contributed by atoms with Gasteiger partial charge in [0.25, 0.3) is 5.91 Å². The van der Waals surface area contributed by atoms with Crippen LogP contribution in [0.3, 0.4) is 0 Å². The van der Waals surface area contributed by atoms with E-state index in [-0.39, 0.29) is 5.91 Å². The number of aryl methyl sites for hydroxylation is 1. The number of halogens is 1. The molecule has 0 atom stereocenters. The lowest BCUT2D eigenvalue weighted by Gasteiger charge is -2.07. The summed E-state index contributed by atoms with van der Waals surface area (Å²) in [5, 5.41) is 2.91. The molecule has 0 aliphatic carbocycles. The highest BCUT2D eigenvalue weighted by Crippen LogP contribution is 2.18. The van der Waals surface area contributed by atoms with Gasteiger partial charge in [0.2, 0.25) is 0 Å². The summed E-state index contributed by atoms with van der Waals surface area (Å²) in [4.78, 5) is 12.0. The third-order valence-electron chi connectivity index (χ3n) is 2.40. The van der Waals surface area contributed by atoms with Crippen molar-refractivity contribution in [2.75, 3.05) is 5.32 Å². The Morgan fingerprint density at radius 1 is 1.12 bits per heavy atom. The van der Waals surface area contributed by atoms with Gasteiger partial charge < -0.3 is 5.32 Å². The Labute approximate surface area is 114 Å². The van der Waals surface area contributed by atoms with Gasteiger partial charge in [0.05, 0.1) is 5.69 Å². The van der Waals surface area contributed by atoms with Crippen LogP contribution in [0, 0.1) is 10.5 Å². The number of hydrogen-bond donors (Lipinski definition) is 1. The van der Waals surface area contributed by atoms with Gasteiger partial charge in [-0.2, -0.15) is 0 Å². The van der Waals surface area contributed by atoms with Crippen molar-refractivity contribution in [2.24, 2.45) is 0 Å². The second-order valence-electron chi connectivity index (χ2n) is 3.80. The molecule has 2 aromatic carbocycles. The van der Waals surface area contributed by atoms with E-state index in [1.807, 2.05) is 55.5 Å². The zero-order chi connectivity index (χ0) is 12.3. The molecule has 0 spiro atoms. The number of benzene rings is 2. The molecular formula is C14H12INO. The summed E-state index contributed by atoms with van der Waals surface area (Å²) in [6, 6.07) is 15.3. The molecule has 86 valence electrons. The van der Waals surface area contributed by atoms with E-state index in [0.717, 1.165) is 14.8 Å². The summed E-state index contributed by atoms with van der Waals surface area (Å²) in [5.74, 6) is -0.0715. The molecule has 1 amide bonds. The molecular weight excluding hydrogens is 325 g/mol. The maximum absolute atomic E-state index is 12.0. The van der Waals surface area contributed by atoms with E-state index in [4.69, 9.17) is 0 Å². The van der Waals surface area contributed by atoms with Gasteiger partial charge in [-0.15, -0.1) is 0 Å². The smallest absolute Gasteiger partial charge is 0.255 e. The van der Waals surface area contributed by atoms with Crippen molar-refractivity contribution in [1.29, 1.82) is 0 Å². The molecule has 0 radical (unpaired) electrons. The van der Waals surface area contributed by atoms with Crippen molar-refractivity contribution < 1.29 is 4.79 Å². The Bertz CT molecular complexity index is 551. The second kappa shape index (κ2) is 5.31. The predicted molar refractivity (Wildman–Crippen MR) is 78.3 cm³/mol. The minimum atomic E-state index is -0.0715. The minimum absolute atomic E-state index is 0.0715. The van der Waals surface area contributed by atoms with Gasteiger partial charge in [-0.1, -0.05) is 29.8 Å². The zero-order valence-corrected chi connectivity index (χ0v) is 11.6. The fourth-order valence-electron chi connectivity index (χ4n) is 1.54. The summed E-state index contributed by atoms with van der Waals surface area (Å²) >= 11 is 2.21. The normalized spacial score (nSPS) is 10.0. The van der Waals surface area contributed by atoms with Crippen LogP contribution in [0.2, 0.25) is 0 Å². The first-order valence-electron chi connectivity index (χ1n) is 5.29.